The monoisotopic (exact) mass is 386 g/mol. The second kappa shape index (κ2) is 6.71. The minimum atomic E-state index is 0.854. The van der Waals surface area contributed by atoms with Crippen LogP contribution in [0.15, 0.2) is 109 Å². The molecule has 0 spiro atoms. The summed E-state index contributed by atoms with van der Waals surface area (Å²) in [5.74, 6) is 0. The van der Waals surface area contributed by atoms with Crippen LogP contribution in [-0.4, -0.2) is 19.6 Å². The maximum Gasteiger partial charge on any atom is 0.113 e. The number of nitrogens with zero attached hydrogens (tertiary/aromatic N) is 4. The molecule has 0 amide bonds. The number of rotatable bonds is 3. The number of benzene rings is 4. The van der Waals surface area contributed by atoms with Crippen LogP contribution >= 0.6 is 0 Å². The summed E-state index contributed by atoms with van der Waals surface area (Å²) in [4.78, 5) is 0. The SMILES string of the molecule is c1ccc(-c2cn(-c3ccccc3-n3c4ccccc4c4ccccc43)nn2)cc1. The van der Waals surface area contributed by atoms with E-state index in [1.807, 2.05) is 47.3 Å². The highest BCUT2D eigenvalue weighted by Crippen LogP contribution is 2.33. The fourth-order valence-electron chi connectivity index (χ4n) is 4.15. The van der Waals surface area contributed by atoms with Crippen molar-refractivity contribution in [2.45, 2.75) is 0 Å². The van der Waals surface area contributed by atoms with E-state index < -0.39 is 0 Å². The van der Waals surface area contributed by atoms with E-state index in [2.05, 4.69) is 81.6 Å². The molecule has 142 valence electrons. The van der Waals surface area contributed by atoms with Crippen LogP contribution in [0.1, 0.15) is 0 Å². The normalized spacial score (nSPS) is 11.3. The molecular formula is C26H18N4. The van der Waals surface area contributed by atoms with Crippen LogP contribution in [0.4, 0.5) is 0 Å². The van der Waals surface area contributed by atoms with Gasteiger partial charge in [0.15, 0.2) is 0 Å². The molecule has 0 aliphatic carbocycles. The molecule has 0 saturated heterocycles. The quantitative estimate of drug-likeness (QED) is 0.372. The van der Waals surface area contributed by atoms with Crippen molar-refractivity contribution in [2.24, 2.45) is 0 Å². The smallest absolute Gasteiger partial charge is 0.113 e. The van der Waals surface area contributed by atoms with Gasteiger partial charge in [-0.3, -0.25) is 0 Å². The first-order valence-corrected chi connectivity index (χ1v) is 9.96. The summed E-state index contributed by atoms with van der Waals surface area (Å²) in [6, 6.07) is 35.5. The fraction of sp³-hybridized carbons (Fsp3) is 0. The van der Waals surface area contributed by atoms with Crippen LogP contribution in [-0.2, 0) is 0 Å². The van der Waals surface area contributed by atoms with Gasteiger partial charge in [0.05, 0.1) is 28.6 Å². The standard InChI is InChI=1S/C26H18N4/c1-2-10-19(11-3-1)22-18-29(28-27-22)25-16-8-9-17-26(25)30-23-14-6-4-12-20(23)21-13-5-7-15-24(21)30/h1-18H. The van der Waals surface area contributed by atoms with Crippen molar-refractivity contribution in [3.8, 4) is 22.6 Å². The Morgan fingerprint density at radius 3 is 1.80 bits per heavy atom. The van der Waals surface area contributed by atoms with E-state index in [1.165, 1.54) is 21.8 Å². The summed E-state index contributed by atoms with van der Waals surface area (Å²) in [6.07, 6.45) is 1.99. The molecule has 0 aliphatic rings. The molecule has 6 aromatic rings. The molecule has 0 radical (unpaired) electrons. The van der Waals surface area contributed by atoms with Gasteiger partial charge < -0.3 is 4.57 Å². The molecule has 4 heteroatoms. The largest absolute Gasteiger partial charge is 0.307 e. The van der Waals surface area contributed by atoms with Gasteiger partial charge in [-0.2, -0.15) is 0 Å². The molecule has 4 aromatic carbocycles. The molecule has 30 heavy (non-hydrogen) atoms. The van der Waals surface area contributed by atoms with Gasteiger partial charge >= 0.3 is 0 Å². The summed E-state index contributed by atoms with van der Waals surface area (Å²) in [5.41, 5.74) is 6.31. The van der Waals surface area contributed by atoms with E-state index in [9.17, 15) is 0 Å². The molecule has 6 rings (SSSR count). The van der Waals surface area contributed by atoms with Crippen LogP contribution in [0.3, 0.4) is 0 Å². The second-order valence-corrected chi connectivity index (χ2v) is 7.27. The number of aromatic nitrogens is 4. The summed E-state index contributed by atoms with van der Waals surface area (Å²) >= 11 is 0. The molecule has 0 fully saturated rings. The van der Waals surface area contributed by atoms with Gasteiger partial charge in [0.25, 0.3) is 0 Å². The summed E-state index contributed by atoms with van der Waals surface area (Å²) in [7, 11) is 0. The van der Waals surface area contributed by atoms with E-state index in [1.54, 1.807) is 0 Å². The van der Waals surface area contributed by atoms with Gasteiger partial charge in [0.2, 0.25) is 0 Å². The zero-order chi connectivity index (χ0) is 19.9. The lowest BCUT2D eigenvalue weighted by atomic mass is 10.2. The van der Waals surface area contributed by atoms with Crippen LogP contribution in [0, 0.1) is 0 Å². The molecule has 0 N–H and O–H groups in total. The van der Waals surface area contributed by atoms with E-state index in [-0.39, 0.29) is 0 Å². The maximum absolute atomic E-state index is 4.45. The van der Waals surface area contributed by atoms with Gasteiger partial charge in [-0.25, -0.2) is 4.68 Å². The van der Waals surface area contributed by atoms with Crippen molar-refractivity contribution in [1.82, 2.24) is 19.6 Å². The first kappa shape index (κ1) is 16.7. The average molecular weight is 386 g/mol. The Balaban J connectivity index is 1.60. The first-order chi connectivity index (χ1) is 14.9. The molecule has 0 aliphatic heterocycles. The van der Waals surface area contributed by atoms with Crippen LogP contribution in [0.2, 0.25) is 0 Å². The third kappa shape index (κ3) is 2.54. The minimum Gasteiger partial charge on any atom is -0.307 e. The van der Waals surface area contributed by atoms with E-state index in [0.717, 1.165) is 22.6 Å². The molecule has 2 heterocycles. The number of fused-ring (bicyclic) bond motifs is 3. The van der Waals surface area contributed by atoms with Gasteiger partial charge in [0.1, 0.15) is 5.69 Å². The van der Waals surface area contributed by atoms with Crippen molar-refractivity contribution in [2.75, 3.05) is 0 Å². The lowest BCUT2D eigenvalue weighted by Gasteiger charge is -2.13. The van der Waals surface area contributed by atoms with E-state index in [0.29, 0.717) is 0 Å². The Hall–Kier alpha value is -4.18. The highest BCUT2D eigenvalue weighted by Gasteiger charge is 2.15. The highest BCUT2D eigenvalue weighted by atomic mass is 15.4. The van der Waals surface area contributed by atoms with Crippen LogP contribution in [0.5, 0.6) is 0 Å². The molecular weight excluding hydrogens is 368 g/mol. The number of hydrogen-bond donors (Lipinski definition) is 0. The predicted molar refractivity (Wildman–Crippen MR) is 121 cm³/mol. The Labute approximate surface area is 173 Å². The van der Waals surface area contributed by atoms with Crippen molar-refractivity contribution in [3.05, 3.63) is 109 Å². The third-order valence-corrected chi connectivity index (χ3v) is 5.51. The van der Waals surface area contributed by atoms with Crippen LogP contribution in [0.25, 0.3) is 44.4 Å². The van der Waals surface area contributed by atoms with Crippen molar-refractivity contribution >= 4 is 21.8 Å². The predicted octanol–water partition coefficient (Wildman–Crippen LogP) is 6.03. The summed E-state index contributed by atoms with van der Waals surface area (Å²) in [5, 5.41) is 11.3. The van der Waals surface area contributed by atoms with Gasteiger partial charge in [-0.05, 0) is 24.3 Å². The Morgan fingerprint density at radius 2 is 1.10 bits per heavy atom. The molecule has 0 atom stereocenters. The first-order valence-electron chi connectivity index (χ1n) is 9.96. The van der Waals surface area contributed by atoms with Crippen molar-refractivity contribution < 1.29 is 0 Å². The molecule has 4 nitrogen and oxygen atoms in total. The molecule has 0 unspecified atom stereocenters. The fourth-order valence-corrected chi connectivity index (χ4v) is 4.15. The summed E-state index contributed by atoms with van der Waals surface area (Å²) in [6.45, 7) is 0. The maximum atomic E-state index is 4.45. The van der Waals surface area contributed by atoms with Crippen LogP contribution < -0.4 is 0 Å². The zero-order valence-electron chi connectivity index (χ0n) is 16.2. The lowest BCUT2D eigenvalue weighted by molar-refractivity contribution is 0.798. The minimum absolute atomic E-state index is 0.854. The average Bonchev–Trinajstić information content (AvgIpc) is 3.43. The third-order valence-electron chi connectivity index (χ3n) is 5.51. The van der Waals surface area contributed by atoms with E-state index >= 15 is 0 Å². The number of para-hydroxylation sites is 4. The topological polar surface area (TPSA) is 35.6 Å². The van der Waals surface area contributed by atoms with E-state index in [4.69, 9.17) is 0 Å². The van der Waals surface area contributed by atoms with Gasteiger partial charge in [-0.1, -0.05) is 84.1 Å². The summed E-state index contributed by atoms with van der Waals surface area (Å²) < 4.78 is 4.17. The van der Waals surface area contributed by atoms with Crippen molar-refractivity contribution in [1.29, 1.82) is 0 Å². The second-order valence-electron chi connectivity index (χ2n) is 7.27. The zero-order valence-corrected chi connectivity index (χ0v) is 16.2. The number of hydrogen-bond acceptors (Lipinski definition) is 2. The Bertz CT molecular complexity index is 1440. The lowest BCUT2D eigenvalue weighted by Crippen LogP contribution is -2.03. The molecule has 2 aromatic heterocycles. The molecule has 0 saturated carbocycles. The Morgan fingerprint density at radius 1 is 0.533 bits per heavy atom. The van der Waals surface area contributed by atoms with Gasteiger partial charge in [-0.15, -0.1) is 5.10 Å². The Kier molecular flexibility index (Phi) is 3.74. The molecule has 0 bridgehead atoms. The van der Waals surface area contributed by atoms with Gasteiger partial charge in [0, 0.05) is 16.3 Å². The highest BCUT2D eigenvalue weighted by molar-refractivity contribution is 6.09. The van der Waals surface area contributed by atoms with Crippen molar-refractivity contribution in [3.63, 3.8) is 0 Å².